The first-order valence-electron chi connectivity index (χ1n) is 9.75. The van der Waals surface area contributed by atoms with E-state index in [0.717, 1.165) is 41.8 Å². The lowest BCUT2D eigenvalue weighted by atomic mass is 10.1. The van der Waals surface area contributed by atoms with Gasteiger partial charge < -0.3 is 9.64 Å². The van der Waals surface area contributed by atoms with Gasteiger partial charge in [-0.15, -0.1) is 0 Å². The minimum absolute atomic E-state index is 0.0766. The van der Waals surface area contributed by atoms with Crippen molar-refractivity contribution >= 4 is 21.6 Å². The van der Waals surface area contributed by atoms with Crippen molar-refractivity contribution in [2.75, 3.05) is 31.0 Å². The van der Waals surface area contributed by atoms with E-state index in [1.54, 1.807) is 17.0 Å². The average molecular weight is 456 g/mol. The first-order valence-corrected chi connectivity index (χ1v) is 11.2. The van der Waals surface area contributed by atoms with Crippen molar-refractivity contribution in [1.82, 2.24) is 4.90 Å². The first-order chi connectivity index (χ1) is 14.6. The molecular weight excluding hydrogens is 433 g/mol. The third kappa shape index (κ3) is 5.12. The number of nitrogens with zero attached hydrogens (tertiary/aromatic N) is 2. The quantitative estimate of drug-likeness (QED) is 0.661. The molecule has 6 nitrogen and oxygen atoms in total. The van der Waals surface area contributed by atoms with Crippen LogP contribution in [0, 0.1) is 0 Å². The van der Waals surface area contributed by atoms with E-state index in [0.29, 0.717) is 19.2 Å². The van der Waals surface area contributed by atoms with Gasteiger partial charge in [-0.05, 0) is 49.6 Å². The smallest absolute Gasteiger partial charge is 0.416 e. The second-order valence-corrected chi connectivity index (χ2v) is 9.01. The van der Waals surface area contributed by atoms with E-state index < -0.39 is 39.1 Å². The molecular formula is C21H23F3N2O4S. The van der Waals surface area contributed by atoms with Gasteiger partial charge in [0, 0.05) is 13.1 Å². The molecule has 1 aliphatic rings. The summed E-state index contributed by atoms with van der Waals surface area (Å²) in [6.45, 7) is 0.489. The molecule has 3 rings (SSSR count). The van der Waals surface area contributed by atoms with Crippen LogP contribution in [-0.2, 0) is 21.0 Å². The van der Waals surface area contributed by atoms with Crippen molar-refractivity contribution in [3.63, 3.8) is 0 Å². The molecule has 1 saturated heterocycles. The molecule has 31 heavy (non-hydrogen) atoms. The number of piperidine rings is 1. The van der Waals surface area contributed by atoms with E-state index in [1.807, 2.05) is 0 Å². The van der Waals surface area contributed by atoms with E-state index in [4.69, 9.17) is 4.74 Å². The highest BCUT2D eigenvalue weighted by Gasteiger charge is 2.35. The highest BCUT2D eigenvalue weighted by atomic mass is 32.2. The van der Waals surface area contributed by atoms with Gasteiger partial charge in [-0.2, -0.15) is 13.2 Å². The van der Waals surface area contributed by atoms with Crippen molar-refractivity contribution in [3.8, 4) is 5.75 Å². The Morgan fingerprint density at radius 3 is 2.39 bits per heavy atom. The highest BCUT2D eigenvalue weighted by molar-refractivity contribution is 7.92. The molecule has 1 fully saturated rings. The third-order valence-corrected chi connectivity index (χ3v) is 6.85. The number of alkyl halides is 3. The van der Waals surface area contributed by atoms with Crippen molar-refractivity contribution in [2.24, 2.45) is 0 Å². The van der Waals surface area contributed by atoms with Gasteiger partial charge in [-0.1, -0.05) is 18.2 Å². The number of benzene rings is 2. The Balaban J connectivity index is 2.05. The van der Waals surface area contributed by atoms with Crippen LogP contribution in [0.15, 0.2) is 53.4 Å². The number of para-hydroxylation sites is 2. The number of hydrogen-bond donors (Lipinski definition) is 0. The molecule has 2 aromatic rings. The van der Waals surface area contributed by atoms with Crippen molar-refractivity contribution in [1.29, 1.82) is 0 Å². The zero-order valence-corrected chi connectivity index (χ0v) is 17.7. The molecule has 1 aliphatic heterocycles. The Hall–Kier alpha value is -2.75. The van der Waals surface area contributed by atoms with Gasteiger partial charge in [-0.3, -0.25) is 9.10 Å². The molecule has 0 atom stereocenters. The van der Waals surface area contributed by atoms with Crippen LogP contribution in [0.2, 0.25) is 0 Å². The van der Waals surface area contributed by atoms with E-state index in [2.05, 4.69) is 0 Å². The molecule has 168 valence electrons. The van der Waals surface area contributed by atoms with Crippen LogP contribution in [-0.4, -0.2) is 46.0 Å². The lowest BCUT2D eigenvalue weighted by Gasteiger charge is -2.31. The number of likely N-dealkylation sites (tertiary alicyclic amines) is 1. The largest absolute Gasteiger partial charge is 0.495 e. The fraction of sp³-hybridized carbons (Fsp3) is 0.381. The summed E-state index contributed by atoms with van der Waals surface area (Å²) in [7, 11) is -3.15. The maximum atomic E-state index is 13.4. The Labute approximate surface area is 179 Å². The number of methoxy groups -OCH3 is 1. The van der Waals surface area contributed by atoms with E-state index in [1.165, 1.54) is 19.2 Å². The molecule has 10 heteroatoms. The standard InChI is InChI=1S/C21H23F3N2O4S/c1-30-19-11-4-3-10-18(19)26(15-20(27)25-12-5-2-6-13-25)31(28,29)17-9-7-8-16(14-17)21(22,23)24/h3-4,7-11,14H,2,5-6,12-13,15H2,1H3. The van der Waals surface area contributed by atoms with Gasteiger partial charge in [0.15, 0.2) is 0 Å². The SMILES string of the molecule is COc1ccccc1N(CC(=O)N1CCCCC1)S(=O)(=O)c1cccc(C(F)(F)F)c1. The van der Waals surface area contributed by atoms with E-state index >= 15 is 0 Å². The predicted molar refractivity (Wildman–Crippen MR) is 109 cm³/mol. The van der Waals surface area contributed by atoms with Crippen LogP contribution in [0.1, 0.15) is 24.8 Å². The number of hydrogen-bond acceptors (Lipinski definition) is 4. The lowest BCUT2D eigenvalue weighted by molar-refractivity contribution is -0.137. The summed E-state index contributed by atoms with van der Waals surface area (Å²) in [5.41, 5.74) is -1.01. The number of halogens is 3. The normalized spacial score (nSPS) is 14.9. The molecule has 2 aromatic carbocycles. The van der Waals surface area contributed by atoms with Gasteiger partial charge in [0.2, 0.25) is 5.91 Å². The minimum Gasteiger partial charge on any atom is -0.495 e. The summed E-state index contributed by atoms with van der Waals surface area (Å²) >= 11 is 0. The fourth-order valence-corrected chi connectivity index (χ4v) is 4.93. The number of anilines is 1. The predicted octanol–water partition coefficient (Wildman–Crippen LogP) is 3.92. The third-order valence-electron chi connectivity index (χ3n) is 5.09. The van der Waals surface area contributed by atoms with Crippen LogP contribution >= 0.6 is 0 Å². The average Bonchev–Trinajstić information content (AvgIpc) is 2.77. The van der Waals surface area contributed by atoms with Crippen molar-refractivity contribution < 1.29 is 31.1 Å². The Morgan fingerprint density at radius 2 is 1.74 bits per heavy atom. The summed E-state index contributed by atoms with van der Waals surface area (Å²) in [4.78, 5) is 13.9. The zero-order valence-electron chi connectivity index (χ0n) is 16.9. The monoisotopic (exact) mass is 456 g/mol. The number of carbonyl (C=O) groups excluding carboxylic acids is 1. The fourth-order valence-electron chi connectivity index (χ4n) is 3.46. The van der Waals surface area contributed by atoms with Gasteiger partial charge in [0.05, 0.1) is 23.3 Å². The number of sulfonamides is 1. The lowest BCUT2D eigenvalue weighted by Crippen LogP contribution is -2.45. The van der Waals surface area contributed by atoms with Gasteiger partial charge >= 0.3 is 6.18 Å². The summed E-state index contributed by atoms with van der Waals surface area (Å²) < 4.78 is 72.4. The second kappa shape index (κ2) is 9.17. The number of carbonyl (C=O) groups is 1. The minimum atomic E-state index is -4.70. The van der Waals surface area contributed by atoms with Crippen LogP contribution in [0.5, 0.6) is 5.75 Å². The molecule has 0 spiro atoms. The topological polar surface area (TPSA) is 66.9 Å². The second-order valence-electron chi connectivity index (χ2n) is 7.15. The maximum absolute atomic E-state index is 13.4. The van der Waals surface area contributed by atoms with Crippen molar-refractivity contribution in [3.05, 3.63) is 54.1 Å². The maximum Gasteiger partial charge on any atom is 0.416 e. The molecule has 0 N–H and O–H groups in total. The van der Waals surface area contributed by atoms with Gasteiger partial charge in [0.1, 0.15) is 12.3 Å². The zero-order chi connectivity index (χ0) is 22.6. The van der Waals surface area contributed by atoms with Crippen LogP contribution in [0.3, 0.4) is 0 Å². The molecule has 0 radical (unpaired) electrons. The summed E-state index contributed by atoms with van der Waals surface area (Å²) in [5.74, 6) is -0.231. The Bertz CT molecular complexity index is 1030. The highest BCUT2D eigenvalue weighted by Crippen LogP contribution is 2.35. The molecule has 0 bridgehead atoms. The first kappa shape index (κ1) is 22.9. The molecule has 0 aliphatic carbocycles. The van der Waals surface area contributed by atoms with E-state index in [9.17, 15) is 26.4 Å². The summed E-state index contributed by atoms with van der Waals surface area (Å²) in [6.07, 6.45) is -2.07. The Kier molecular flexibility index (Phi) is 6.78. The number of amides is 1. The van der Waals surface area contributed by atoms with Gasteiger partial charge in [-0.25, -0.2) is 8.42 Å². The molecule has 0 unspecified atom stereocenters. The van der Waals surface area contributed by atoms with Crippen LogP contribution < -0.4 is 9.04 Å². The van der Waals surface area contributed by atoms with Crippen molar-refractivity contribution in [2.45, 2.75) is 30.3 Å². The number of rotatable bonds is 6. The van der Waals surface area contributed by atoms with Gasteiger partial charge in [0.25, 0.3) is 10.0 Å². The van der Waals surface area contributed by atoms with E-state index in [-0.39, 0.29) is 11.4 Å². The summed E-state index contributed by atoms with van der Waals surface area (Å²) in [5, 5.41) is 0. The molecule has 1 amide bonds. The van der Waals surface area contributed by atoms with Crippen LogP contribution in [0.25, 0.3) is 0 Å². The van der Waals surface area contributed by atoms with Crippen LogP contribution in [0.4, 0.5) is 18.9 Å². The molecule has 0 aromatic heterocycles. The number of ether oxygens (including phenoxy) is 1. The molecule has 0 saturated carbocycles. The molecule has 1 heterocycles. The summed E-state index contributed by atoms with van der Waals surface area (Å²) in [6, 6.07) is 9.65. The Morgan fingerprint density at radius 1 is 1.06 bits per heavy atom.